The molecular formula is C11H14N2O5S. The van der Waals surface area contributed by atoms with Crippen LogP contribution in [0, 0.1) is 10.1 Å². The van der Waals surface area contributed by atoms with Crippen molar-refractivity contribution in [1.82, 2.24) is 0 Å². The van der Waals surface area contributed by atoms with Crippen LogP contribution in [-0.4, -0.2) is 19.1 Å². The number of benzene rings is 1. The van der Waals surface area contributed by atoms with Gasteiger partial charge in [-0.2, -0.15) is 0 Å². The number of carbonyl (C=O) groups is 1. The number of rotatable bonds is 5. The molecule has 0 spiro atoms. The SMILES string of the molecule is CCC(C(C)=O)c1ccc(S(N)(=O)=O)cc1[N+](=O)[O-]. The molecule has 0 aliphatic carbocycles. The molecule has 8 heteroatoms. The predicted molar refractivity (Wildman–Crippen MR) is 68.2 cm³/mol. The second-order valence-corrected chi connectivity index (χ2v) is 5.66. The minimum absolute atomic E-state index is 0.201. The summed E-state index contributed by atoms with van der Waals surface area (Å²) in [6.07, 6.45) is 0.394. The number of hydrogen-bond donors (Lipinski definition) is 1. The number of ketones is 1. The van der Waals surface area contributed by atoms with Crippen molar-refractivity contribution in [2.24, 2.45) is 5.14 Å². The van der Waals surface area contributed by atoms with E-state index in [9.17, 15) is 23.3 Å². The molecule has 0 bridgehead atoms. The molecule has 104 valence electrons. The summed E-state index contributed by atoms with van der Waals surface area (Å²) in [5, 5.41) is 15.9. The van der Waals surface area contributed by atoms with Crippen LogP contribution in [0.1, 0.15) is 31.7 Å². The van der Waals surface area contributed by atoms with Crippen LogP contribution in [-0.2, 0) is 14.8 Å². The maximum atomic E-state index is 11.5. The summed E-state index contributed by atoms with van der Waals surface area (Å²) in [7, 11) is -4.02. The fraction of sp³-hybridized carbons (Fsp3) is 0.364. The van der Waals surface area contributed by atoms with E-state index in [1.807, 2.05) is 0 Å². The third kappa shape index (κ3) is 3.36. The summed E-state index contributed by atoms with van der Waals surface area (Å²) in [5.41, 5.74) is -0.207. The number of carbonyl (C=O) groups excluding carboxylic acids is 1. The van der Waals surface area contributed by atoms with Gasteiger partial charge in [-0.25, -0.2) is 13.6 Å². The molecule has 1 unspecified atom stereocenters. The molecule has 0 heterocycles. The summed E-state index contributed by atoms with van der Waals surface area (Å²) in [4.78, 5) is 21.4. The van der Waals surface area contributed by atoms with Crippen molar-refractivity contribution in [3.05, 3.63) is 33.9 Å². The molecule has 0 saturated carbocycles. The highest BCUT2D eigenvalue weighted by molar-refractivity contribution is 7.89. The molecule has 1 aromatic carbocycles. The van der Waals surface area contributed by atoms with Crippen LogP contribution >= 0.6 is 0 Å². The van der Waals surface area contributed by atoms with Crippen LogP contribution in [0.5, 0.6) is 0 Å². The van der Waals surface area contributed by atoms with E-state index < -0.39 is 26.6 Å². The van der Waals surface area contributed by atoms with Gasteiger partial charge >= 0.3 is 0 Å². The summed E-state index contributed by atoms with van der Waals surface area (Å²) in [5.74, 6) is -0.844. The minimum Gasteiger partial charge on any atom is -0.299 e. The van der Waals surface area contributed by atoms with Gasteiger partial charge in [0.15, 0.2) is 0 Å². The second kappa shape index (κ2) is 5.45. The van der Waals surface area contributed by atoms with Gasteiger partial charge in [-0.15, -0.1) is 0 Å². The molecule has 1 aromatic rings. The van der Waals surface area contributed by atoms with E-state index in [-0.39, 0.29) is 16.2 Å². The summed E-state index contributed by atoms with van der Waals surface area (Å²) >= 11 is 0. The van der Waals surface area contributed by atoms with Gasteiger partial charge in [0.2, 0.25) is 10.0 Å². The lowest BCUT2D eigenvalue weighted by atomic mass is 9.92. The highest BCUT2D eigenvalue weighted by Crippen LogP contribution is 2.31. The van der Waals surface area contributed by atoms with Gasteiger partial charge in [0.1, 0.15) is 5.78 Å². The van der Waals surface area contributed by atoms with Crippen LogP contribution in [0.25, 0.3) is 0 Å². The number of nitrogens with two attached hydrogens (primary N) is 1. The largest absolute Gasteiger partial charge is 0.299 e. The van der Waals surface area contributed by atoms with Crippen LogP contribution in [0.2, 0.25) is 0 Å². The van der Waals surface area contributed by atoms with Gasteiger partial charge in [0.05, 0.1) is 9.82 Å². The fourth-order valence-corrected chi connectivity index (χ4v) is 2.41. The van der Waals surface area contributed by atoms with E-state index in [4.69, 9.17) is 5.14 Å². The second-order valence-electron chi connectivity index (χ2n) is 4.09. The molecule has 0 saturated heterocycles. The Morgan fingerprint density at radius 3 is 2.42 bits per heavy atom. The number of nitro benzene ring substituents is 1. The highest BCUT2D eigenvalue weighted by atomic mass is 32.2. The van der Waals surface area contributed by atoms with Crippen molar-refractivity contribution in [3.8, 4) is 0 Å². The standard InChI is InChI=1S/C11H14N2O5S/c1-3-9(7(2)14)10-5-4-8(19(12,17)18)6-11(10)13(15)16/h4-6,9H,3H2,1-2H3,(H2,12,17,18). The Kier molecular flexibility index (Phi) is 4.38. The minimum atomic E-state index is -4.02. The summed E-state index contributed by atoms with van der Waals surface area (Å²) < 4.78 is 22.4. The Balaban J connectivity index is 3.51. The van der Waals surface area contributed by atoms with Crippen molar-refractivity contribution in [3.63, 3.8) is 0 Å². The van der Waals surface area contributed by atoms with Crippen LogP contribution in [0.4, 0.5) is 5.69 Å². The lowest BCUT2D eigenvalue weighted by Crippen LogP contribution is -2.14. The molecule has 1 rings (SSSR count). The van der Waals surface area contributed by atoms with Crippen molar-refractivity contribution in [2.75, 3.05) is 0 Å². The number of nitrogens with zero attached hydrogens (tertiary/aromatic N) is 1. The van der Waals surface area contributed by atoms with E-state index in [1.54, 1.807) is 6.92 Å². The van der Waals surface area contributed by atoms with Gasteiger partial charge < -0.3 is 0 Å². The van der Waals surface area contributed by atoms with E-state index in [0.717, 1.165) is 6.07 Å². The highest BCUT2D eigenvalue weighted by Gasteiger charge is 2.26. The van der Waals surface area contributed by atoms with E-state index in [1.165, 1.54) is 19.1 Å². The Morgan fingerprint density at radius 1 is 1.47 bits per heavy atom. The van der Waals surface area contributed by atoms with Gasteiger partial charge in [0, 0.05) is 17.5 Å². The average molecular weight is 286 g/mol. The number of sulfonamides is 1. The number of Topliss-reactive ketones (excluding diaryl/α,β-unsaturated/α-hetero) is 1. The predicted octanol–water partition coefficient (Wildman–Crippen LogP) is 1.32. The molecule has 2 N–H and O–H groups in total. The maximum absolute atomic E-state index is 11.5. The van der Waals surface area contributed by atoms with Crippen molar-refractivity contribution >= 4 is 21.5 Å². The Hall–Kier alpha value is -1.80. The van der Waals surface area contributed by atoms with E-state index in [0.29, 0.717) is 6.42 Å². The molecule has 0 radical (unpaired) electrons. The molecule has 0 aliphatic heterocycles. The first-order chi connectivity index (χ1) is 8.68. The molecule has 0 amide bonds. The van der Waals surface area contributed by atoms with Gasteiger partial charge in [-0.1, -0.05) is 13.0 Å². The first kappa shape index (κ1) is 15.3. The number of primary sulfonamides is 1. The molecule has 19 heavy (non-hydrogen) atoms. The third-order valence-corrected chi connectivity index (χ3v) is 3.71. The normalized spacial score (nSPS) is 13.0. The fourth-order valence-electron chi connectivity index (χ4n) is 1.88. The molecule has 0 aliphatic rings. The van der Waals surface area contributed by atoms with Crippen molar-refractivity contribution in [1.29, 1.82) is 0 Å². The number of nitro groups is 1. The lowest BCUT2D eigenvalue weighted by molar-refractivity contribution is -0.385. The quantitative estimate of drug-likeness (QED) is 0.646. The zero-order valence-electron chi connectivity index (χ0n) is 10.5. The first-order valence-corrected chi connectivity index (χ1v) is 7.04. The van der Waals surface area contributed by atoms with Gasteiger partial charge in [0.25, 0.3) is 5.69 Å². The smallest absolute Gasteiger partial charge is 0.274 e. The Bertz CT molecular complexity index is 624. The summed E-state index contributed by atoms with van der Waals surface area (Å²) in [6, 6.07) is 3.33. The van der Waals surface area contributed by atoms with Crippen LogP contribution < -0.4 is 5.14 Å². The van der Waals surface area contributed by atoms with Crippen molar-refractivity contribution in [2.45, 2.75) is 31.1 Å². The average Bonchev–Trinajstić information content (AvgIpc) is 2.28. The maximum Gasteiger partial charge on any atom is 0.274 e. The first-order valence-electron chi connectivity index (χ1n) is 5.50. The van der Waals surface area contributed by atoms with E-state index in [2.05, 4.69) is 0 Å². The zero-order valence-corrected chi connectivity index (χ0v) is 11.3. The topological polar surface area (TPSA) is 120 Å². The van der Waals surface area contributed by atoms with Crippen LogP contribution in [0.15, 0.2) is 23.1 Å². The molecular weight excluding hydrogens is 272 g/mol. The molecule has 1 atom stereocenters. The zero-order chi connectivity index (χ0) is 14.8. The van der Waals surface area contributed by atoms with Gasteiger partial charge in [-0.3, -0.25) is 14.9 Å². The monoisotopic (exact) mass is 286 g/mol. The number of hydrogen-bond acceptors (Lipinski definition) is 5. The third-order valence-electron chi connectivity index (χ3n) is 2.80. The Morgan fingerprint density at radius 2 is 2.05 bits per heavy atom. The van der Waals surface area contributed by atoms with Crippen LogP contribution in [0.3, 0.4) is 0 Å². The van der Waals surface area contributed by atoms with E-state index >= 15 is 0 Å². The molecule has 0 fully saturated rings. The van der Waals surface area contributed by atoms with Crippen molar-refractivity contribution < 1.29 is 18.1 Å². The molecule has 7 nitrogen and oxygen atoms in total. The Labute approximate surface area is 110 Å². The lowest BCUT2D eigenvalue weighted by Gasteiger charge is -2.12. The molecule has 0 aromatic heterocycles. The van der Waals surface area contributed by atoms with Gasteiger partial charge in [-0.05, 0) is 19.4 Å². The summed E-state index contributed by atoms with van der Waals surface area (Å²) in [6.45, 7) is 3.06.